The Kier molecular flexibility index (Phi) is 10.3. The molecule has 6 nitrogen and oxygen atoms in total. The summed E-state index contributed by atoms with van der Waals surface area (Å²) in [5.41, 5.74) is 2.07. The number of ether oxygens (including phenoxy) is 1. The van der Waals surface area contributed by atoms with Gasteiger partial charge in [0.05, 0.1) is 6.61 Å². The summed E-state index contributed by atoms with van der Waals surface area (Å²) >= 11 is 0. The van der Waals surface area contributed by atoms with Gasteiger partial charge >= 0.3 is 6.03 Å². The zero-order valence-electron chi connectivity index (χ0n) is 17.9. The lowest BCUT2D eigenvalue weighted by molar-refractivity contribution is 0.160. The number of likely N-dealkylation sites (N-methyl/N-ethyl adjacent to an activating group) is 1. The lowest BCUT2D eigenvalue weighted by Gasteiger charge is -2.31. The van der Waals surface area contributed by atoms with Crippen molar-refractivity contribution in [1.29, 1.82) is 0 Å². The van der Waals surface area contributed by atoms with E-state index in [1.807, 2.05) is 18.2 Å². The van der Waals surface area contributed by atoms with Crippen molar-refractivity contribution in [3.63, 3.8) is 0 Å². The molecule has 6 heteroatoms. The van der Waals surface area contributed by atoms with Crippen LogP contribution in [-0.2, 0) is 11.3 Å². The molecule has 1 aliphatic carbocycles. The standard InChI is InChI=1S/C22H38N4O2/c1-25(16-17-28-3)15-9-14-23-22(27)24-21-13-8-7-10-19(21)18-26(2)20-11-5-4-6-12-20/h7-8,10,13,20H,4-6,9,11-12,14-18H2,1-3H3,(H2,23,24,27). The largest absolute Gasteiger partial charge is 0.383 e. The first-order valence-corrected chi connectivity index (χ1v) is 10.6. The third-order valence-electron chi connectivity index (χ3n) is 5.56. The van der Waals surface area contributed by atoms with Crippen molar-refractivity contribution in [2.24, 2.45) is 0 Å². The summed E-state index contributed by atoms with van der Waals surface area (Å²) in [5, 5.41) is 6.00. The van der Waals surface area contributed by atoms with Gasteiger partial charge in [0.1, 0.15) is 0 Å². The highest BCUT2D eigenvalue weighted by Crippen LogP contribution is 2.24. The molecule has 0 atom stereocenters. The van der Waals surface area contributed by atoms with Gasteiger partial charge in [-0.1, -0.05) is 37.5 Å². The summed E-state index contributed by atoms with van der Waals surface area (Å²) < 4.78 is 5.08. The van der Waals surface area contributed by atoms with E-state index in [9.17, 15) is 4.79 Å². The predicted octanol–water partition coefficient (Wildman–Crippen LogP) is 3.54. The molecule has 2 amide bonds. The second-order valence-electron chi connectivity index (χ2n) is 7.89. The van der Waals surface area contributed by atoms with Gasteiger partial charge in [-0.15, -0.1) is 0 Å². The van der Waals surface area contributed by atoms with E-state index in [2.05, 4.69) is 40.6 Å². The van der Waals surface area contributed by atoms with Crippen LogP contribution in [0.5, 0.6) is 0 Å². The fourth-order valence-corrected chi connectivity index (χ4v) is 3.78. The number of benzene rings is 1. The van der Waals surface area contributed by atoms with E-state index in [0.29, 0.717) is 12.6 Å². The minimum absolute atomic E-state index is 0.132. The Bertz CT molecular complexity index is 575. The minimum Gasteiger partial charge on any atom is -0.383 e. The van der Waals surface area contributed by atoms with Crippen LogP contribution in [0.15, 0.2) is 24.3 Å². The van der Waals surface area contributed by atoms with Crippen LogP contribution < -0.4 is 10.6 Å². The highest BCUT2D eigenvalue weighted by Gasteiger charge is 2.19. The molecule has 0 radical (unpaired) electrons. The average Bonchev–Trinajstić information content (AvgIpc) is 2.71. The number of nitrogens with one attached hydrogen (secondary N) is 2. The maximum atomic E-state index is 12.3. The number of hydrogen-bond donors (Lipinski definition) is 2. The second kappa shape index (κ2) is 12.8. The van der Waals surface area contributed by atoms with Gasteiger partial charge < -0.3 is 20.3 Å². The highest BCUT2D eigenvalue weighted by atomic mass is 16.5. The smallest absolute Gasteiger partial charge is 0.319 e. The monoisotopic (exact) mass is 390 g/mol. The van der Waals surface area contributed by atoms with E-state index in [0.717, 1.165) is 38.3 Å². The lowest BCUT2D eigenvalue weighted by Crippen LogP contribution is -2.34. The van der Waals surface area contributed by atoms with E-state index in [1.54, 1.807) is 7.11 Å². The molecule has 0 unspecified atom stereocenters. The number of anilines is 1. The van der Waals surface area contributed by atoms with E-state index in [-0.39, 0.29) is 6.03 Å². The summed E-state index contributed by atoms with van der Waals surface area (Å²) in [4.78, 5) is 16.9. The molecule has 0 spiro atoms. The number of carbonyl (C=O) groups is 1. The first-order chi connectivity index (χ1) is 13.6. The van der Waals surface area contributed by atoms with Gasteiger partial charge in [-0.25, -0.2) is 4.79 Å². The summed E-state index contributed by atoms with van der Waals surface area (Å²) in [5.74, 6) is 0. The number of methoxy groups -OCH3 is 1. The van der Waals surface area contributed by atoms with Crippen LogP contribution in [0.25, 0.3) is 0 Å². The van der Waals surface area contributed by atoms with Crippen LogP contribution in [-0.4, -0.2) is 69.3 Å². The molecule has 28 heavy (non-hydrogen) atoms. The first kappa shape index (κ1) is 22.7. The molecule has 0 aliphatic heterocycles. The van der Waals surface area contributed by atoms with Gasteiger partial charge in [-0.05, 0) is 51.5 Å². The molecule has 158 valence electrons. The van der Waals surface area contributed by atoms with Crippen molar-refractivity contribution in [3.8, 4) is 0 Å². The Labute approximate surface area is 170 Å². The first-order valence-electron chi connectivity index (χ1n) is 10.6. The third-order valence-corrected chi connectivity index (χ3v) is 5.56. The second-order valence-corrected chi connectivity index (χ2v) is 7.89. The van der Waals surface area contributed by atoms with E-state index in [1.165, 1.54) is 37.7 Å². The molecular formula is C22H38N4O2. The minimum atomic E-state index is -0.132. The van der Waals surface area contributed by atoms with Crippen molar-refractivity contribution in [1.82, 2.24) is 15.1 Å². The summed E-state index contributed by atoms with van der Waals surface area (Å²) in [6.45, 7) is 4.10. The zero-order valence-corrected chi connectivity index (χ0v) is 17.9. The number of urea groups is 1. The van der Waals surface area contributed by atoms with Crippen LogP contribution in [0.4, 0.5) is 10.5 Å². The fraction of sp³-hybridized carbons (Fsp3) is 0.682. The Morgan fingerprint density at radius 1 is 1.14 bits per heavy atom. The van der Waals surface area contributed by atoms with Gasteiger partial charge in [0.2, 0.25) is 0 Å². The van der Waals surface area contributed by atoms with Gasteiger partial charge in [0, 0.05) is 38.5 Å². The molecule has 0 saturated heterocycles. The number of hydrogen-bond acceptors (Lipinski definition) is 4. The van der Waals surface area contributed by atoms with Gasteiger partial charge in [0.25, 0.3) is 0 Å². The van der Waals surface area contributed by atoms with Gasteiger partial charge in [0.15, 0.2) is 0 Å². The molecule has 1 fully saturated rings. The molecular weight excluding hydrogens is 352 g/mol. The quantitative estimate of drug-likeness (QED) is 0.568. The van der Waals surface area contributed by atoms with E-state index >= 15 is 0 Å². The molecule has 1 aliphatic rings. The van der Waals surface area contributed by atoms with Crippen molar-refractivity contribution in [2.75, 3.05) is 52.8 Å². The Morgan fingerprint density at radius 2 is 1.89 bits per heavy atom. The predicted molar refractivity (Wildman–Crippen MR) is 116 cm³/mol. The summed E-state index contributed by atoms with van der Waals surface area (Å²) in [7, 11) is 5.98. The van der Waals surface area contributed by atoms with Crippen LogP contribution in [0.1, 0.15) is 44.1 Å². The number of rotatable bonds is 11. The fourth-order valence-electron chi connectivity index (χ4n) is 3.78. The van der Waals surface area contributed by atoms with E-state index < -0.39 is 0 Å². The number of para-hydroxylation sites is 1. The topological polar surface area (TPSA) is 56.8 Å². The molecule has 0 heterocycles. The SMILES string of the molecule is COCCN(C)CCCNC(=O)Nc1ccccc1CN(C)C1CCCCC1. The molecule has 1 aromatic rings. The van der Waals surface area contributed by atoms with Crippen molar-refractivity contribution in [3.05, 3.63) is 29.8 Å². The van der Waals surface area contributed by atoms with Crippen molar-refractivity contribution >= 4 is 11.7 Å². The van der Waals surface area contributed by atoms with Crippen LogP contribution in [0.3, 0.4) is 0 Å². The van der Waals surface area contributed by atoms with Crippen LogP contribution in [0, 0.1) is 0 Å². The Hall–Kier alpha value is -1.63. The van der Waals surface area contributed by atoms with Gasteiger partial charge in [-0.3, -0.25) is 4.90 Å². The van der Waals surface area contributed by atoms with Crippen LogP contribution in [0.2, 0.25) is 0 Å². The number of amides is 2. The normalized spacial score (nSPS) is 15.2. The van der Waals surface area contributed by atoms with Crippen molar-refractivity contribution in [2.45, 2.75) is 51.1 Å². The molecule has 1 aromatic carbocycles. The average molecular weight is 391 g/mol. The number of carbonyl (C=O) groups excluding carboxylic acids is 1. The summed E-state index contributed by atoms with van der Waals surface area (Å²) in [6, 6.07) is 8.65. The van der Waals surface area contributed by atoms with Gasteiger partial charge in [-0.2, -0.15) is 0 Å². The highest BCUT2D eigenvalue weighted by molar-refractivity contribution is 5.90. The zero-order chi connectivity index (χ0) is 20.2. The lowest BCUT2D eigenvalue weighted by atomic mass is 9.94. The van der Waals surface area contributed by atoms with E-state index in [4.69, 9.17) is 4.74 Å². The molecule has 2 N–H and O–H groups in total. The maximum Gasteiger partial charge on any atom is 0.319 e. The molecule has 1 saturated carbocycles. The number of nitrogens with zero attached hydrogens (tertiary/aromatic N) is 2. The maximum absolute atomic E-state index is 12.3. The molecule has 0 aromatic heterocycles. The van der Waals surface area contributed by atoms with Crippen LogP contribution >= 0.6 is 0 Å². The molecule has 0 bridgehead atoms. The molecule has 2 rings (SSSR count). The third kappa shape index (κ3) is 8.17. The summed E-state index contributed by atoms with van der Waals surface area (Å²) in [6.07, 6.45) is 7.51. The Balaban J connectivity index is 1.76. The van der Waals surface area contributed by atoms with Crippen molar-refractivity contribution < 1.29 is 9.53 Å². The Morgan fingerprint density at radius 3 is 2.64 bits per heavy atom.